The highest BCUT2D eigenvalue weighted by Gasteiger charge is 2.26. The van der Waals surface area contributed by atoms with Crippen molar-refractivity contribution in [1.82, 2.24) is 4.31 Å². The number of hydrogen-bond donors (Lipinski definition) is 1. The molecule has 0 bridgehead atoms. The Hall–Kier alpha value is -1.38. The first-order valence-electron chi connectivity index (χ1n) is 5.79. The summed E-state index contributed by atoms with van der Waals surface area (Å²) in [5.74, 6) is -0.228. The highest BCUT2D eigenvalue weighted by molar-refractivity contribution is 7.89. The molecule has 0 unspecified atom stereocenters. The number of hydrogen-bond acceptors (Lipinski definition) is 4. The molecule has 1 N–H and O–H groups in total. The Labute approximate surface area is 115 Å². The number of benzene rings is 1. The lowest BCUT2D eigenvalue weighted by Crippen LogP contribution is -2.37. The Morgan fingerprint density at radius 2 is 1.85 bits per heavy atom. The van der Waals surface area contributed by atoms with E-state index in [0.29, 0.717) is 9.87 Å². The van der Waals surface area contributed by atoms with Gasteiger partial charge in [-0.25, -0.2) is 17.2 Å². The second-order valence-electron chi connectivity index (χ2n) is 4.06. The predicted octanol–water partition coefficient (Wildman–Crippen LogP) is 1.14. The number of carbonyl (C=O) groups excluding carboxylic acids is 1. The van der Waals surface area contributed by atoms with Gasteiger partial charge in [0.2, 0.25) is 10.0 Å². The number of ketones is 1. The minimum absolute atomic E-state index is 0.198. The molecule has 8 heteroatoms. The Balaban J connectivity index is 3.08. The number of nitrogens with zero attached hydrogens (tertiary/aromatic N) is 1. The van der Waals surface area contributed by atoms with Crippen molar-refractivity contribution in [2.75, 3.05) is 19.7 Å². The molecule has 0 atom stereocenters. The van der Waals surface area contributed by atoms with Crippen molar-refractivity contribution in [3.8, 4) is 0 Å². The van der Waals surface area contributed by atoms with Crippen LogP contribution in [0.5, 0.6) is 0 Å². The lowest BCUT2D eigenvalue weighted by atomic mass is 10.2. The van der Waals surface area contributed by atoms with E-state index in [4.69, 9.17) is 5.11 Å². The van der Waals surface area contributed by atoms with Crippen LogP contribution in [0.15, 0.2) is 29.2 Å². The fourth-order valence-corrected chi connectivity index (χ4v) is 2.99. The van der Waals surface area contributed by atoms with Crippen LogP contribution in [0.1, 0.15) is 17.3 Å². The van der Waals surface area contributed by atoms with Gasteiger partial charge in [-0.05, 0) is 19.1 Å². The van der Waals surface area contributed by atoms with Gasteiger partial charge in [0.05, 0.1) is 18.0 Å². The molecule has 0 fully saturated rings. The maximum absolute atomic E-state index is 12.4. The summed E-state index contributed by atoms with van der Waals surface area (Å²) in [5.41, 5.74) is 0.325. The zero-order chi connectivity index (χ0) is 15.3. The van der Waals surface area contributed by atoms with Crippen LogP contribution in [0.2, 0.25) is 0 Å². The van der Waals surface area contributed by atoms with E-state index in [9.17, 15) is 22.0 Å². The van der Waals surface area contributed by atoms with Crippen LogP contribution in [0.4, 0.5) is 8.78 Å². The van der Waals surface area contributed by atoms with Crippen LogP contribution in [0.3, 0.4) is 0 Å². The molecule has 0 heterocycles. The molecular formula is C12H15F2NO4S. The van der Waals surface area contributed by atoms with E-state index in [-0.39, 0.29) is 10.7 Å². The van der Waals surface area contributed by atoms with Crippen LogP contribution in [0.25, 0.3) is 0 Å². The normalized spacial score (nSPS) is 12.1. The number of halogens is 2. The largest absolute Gasteiger partial charge is 0.395 e. The summed E-state index contributed by atoms with van der Waals surface area (Å²) in [6, 6.07) is 4.99. The Morgan fingerprint density at radius 3 is 2.25 bits per heavy atom. The summed E-state index contributed by atoms with van der Waals surface area (Å²) < 4.78 is 49.6. The molecule has 5 nitrogen and oxygen atoms in total. The number of Topliss-reactive ketones (excluding diaryl/α,β-unsaturated/α-hetero) is 1. The maximum atomic E-state index is 12.4. The maximum Gasteiger partial charge on any atom is 0.252 e. The van der Waals surface area contributed by atoms with E-state index in [1.54, 1.807) is 0 Å². The van der Waals surface area contributed by atoms with Gasteiger partial charge in [0.1, 0.15) is 0 Å². The average Bonchev–Trinajstić information content (AvgIpc) is 2.37. The SMILES string of the molecule is CC(=O)c1ccc(S(=O)(=O)N(CCO)CC(F)F)cc1. The minimum Gasteiger partial charge on any atom is -0.395 e. The van der Waals surface area contributed by atoms with Crippen LogP contribution in [-0.4, -0.2) is 49.7 Å². The summed E-state index contributed by atoms with van der Waals surface area (Å²) in [7, 11) is -4.12. The van der Waals surface area contributed by atoms with E-state index >= 15 is 0 Å². The Morgan fingerprint density at radius 1 is 1.30 bits per heavy atom. The van der Waals surface area contributed by atoms with Crippen molar-refractivity contribution >= 4 is 15.8 Å². The van der Waals surface area contributed by atoms with Gasteiger partial charge in [-0.1, -0.05) is 12.1 Å². The average molecular weight is 307 g/mol. The van der Waals surface area contributed by atoms with Gasteiger partial charge in [-0.2, -0.15) is 4.31 Å². The third-order valence-corrected chi connectivity index (χ3v) is 4.47. The standard InChI is InChI=1S/C12H15F2NO4S/c1-9(17)10-2-4-11(5-3-10)20(18,19)15(6-7-16)8-12(13)14/h2-5,12,16H,6-8H2,1H3. The van der Waals surface area contributed by atoms with E-state index in [2.05, 4.69) is 0 Å². The van der Waals surface area contributed by atoms with Gasteiger partial charge in [0.25, 0.3) is 6.43 Å². The van der Waals surface area contributed by atoms with Gasteiger partial charge in [0.15, 0.2) is 5.78 Å². The lowest BCUT2D eigenvalue weighted by Gasteiger charge is -2.20. The van der Waals surface area contributed by atoms with Crippen LogP contribution < -0.4 is 0 Å². The topological polar surface area (TPSA) is 74.7 Å². The third kappa shape index (κ3) is 4.06. The predicted molar refractivity (Wildman–Crippen MR) is 68.3 cm³/mol. The first kappa shape index (κ1) is 16.7. The summed E-state index contributed by atoms with van der Waals surface area (Å²) in [6.07, 6.45) is -2.84. The smallest absolute Gasteiger partial charge is 0.252 e. The molecule has 0 radical (unpaired) electrons. The number of rotatable bonds is 7. The monoisotopic (exact) mass is 307 g/mol. The van der Waals surface area contributed by atoms with Crippen molar-refractivity contribution in [2.24, 2.45) is 0 Å². The molecule has 0 aliphatic rings. The molecule has 0 aliphatic carbocycles. The molecule has 0 spiro atoms. The second kappa shape index (κ2) is 6.87. The first-order valence-corrected chi connectivity index (χ1v) is 7.23. The fraction of sp³-hybridized carbons (Fsp3) is 0.417. The number of sulfonamides is 1. The lowest BCUT2D eigenvalue weighted by molar-refractivity contribution is 0.101. The van der Waals surface area contributed by atoms with Crippen molar-refractivity contribution in [3.05, 3.63) is 29.8 Å². The summed E-state index contributed by atoms with van der Waals surface area (Å²) >= 11 is 0. The molecule has 0 amide bonds. The molecule has 1 rings (SSSR count). The second-order valence-corrected chi connectivity index (χ2v) is 6.00. The Kier molecular flexibility index (Phi) is 5.73. The van der Waals surface area contributed by atoms with Gasteiger partial charge in [0, 0.05) is 12.1 Å². The van der Waals surface area contributed by atoms with E-state index in [1.165, 1.54) is 31.2 Å². The molecule has 0 saturated heterocycles. The zero-order valence-corrected chi connectivity index (χ0v) is 11.6. The zero-order valence-electron chi connectivity index (χ0n) is 10.8. The molecule has 20 heavy (non-hydrogen) atoms. The van der Waals surface area contributed by atoms with Crippen molar-refractivity contribution < 1.29 is 27.1 Å². The van der Waals surface area contributed by atoms with Crippen LogP contribution >= 0.6 is 0 Å². The summed E-state index contributed by atoms with van der Waals surface area (Å²) in [4.78, 5) is 10.9. The Bertz CT molecular complexity index is 557. The molecule has 0 saturated carbocycles. The van der Waals surface area contributed by atoms with Crippen LogP contribution in [0, 0.1) is 0 Å². The van der Waals surface area contributed by atoms with Crippen LogP contribution in [-0.2, 0) is 10.0 Å². The minimum atomic E-state index is -4.12. The van der Waals surface area contributed by atoms with Crippen molar-refractivity contribution in [1.29, 1.82) is 0 Å². The van der Waals surface area contributed by atoms with Gasteiger partial charge >= 0.3 is 0 Å². The quantitative estimate of drug-likeness (QED) is 0.767. The van der Waals surface area contributed by atoms with E-state index in [0.717, 1.165) is 0 Å². The molecule has 0 aromatic heterocycles. The highest BCUT2D eigenvalue weighted by Crippen LogP contribution is 2.17. The first-order chi connectivity index (χ1) is 9.28. The van der Waals surface area contributed by atoms with Gasteiger partial charge in [-0.15, -0.1) is 0 Å². The number of aliphatic hydroxyl groups excluding tert-OH is 1. The molecule has 0 aliphatic heterocycles. The van der Waals surface area contributed by atoms with Crippen molar-refractivity contribution in [2.45, 2.75) is 18.2 Å². The summed E-state index contributed by atoms with van der Waals surface area (Å²) in [6.45, 7) is -0.631. The van der Waals surface area contributed by atoms with Crippen molar-refractivity contribution in [3.63, 3.8) is 0 Å². The van der Waals surface area contributed by atoms with E-state index in [1.807, 2.05) is 0 Å². The van der Waals surface area contributed by atoms with E-state index < -0.39 is 36.1 Å². The third-order valence-electron chi connectivity index (χ3n) is 2.59. The molecule has 1 aromatic carbocycles. The molecule has 1 aromatic rings. The summed E-state index contributed by atoms with van der Waals surface area (Å²) in [5, 5.41) is 8.78. The highest BCUT2D eigenvalue weighted by atomic mass is 32.2. The number of aliphatic hydroxyl groups is 1. The number of alkyl halides is 2. The molecular weight excluding hydrogens is 292 g/mol. The fourth-order valence-electron chi connectivity index (χ4n) is 1.59. The molecule has 112 valence electrons. The van der Waals surface area contributed by atoms with Gasteiger partial charge in [-0.3, -0.25) is 4.79 Å². The van der Waals surface area contributed by atoms with Gasteiger partial charge < -0.3 is 5.11 Å². The number of carbonyl (C=O) groups is 1.